The van der Waals surface area contributed by atoms with Crippen molar-refractivity contribution in [1.82, 2.24) is 5.32 Å². The summed E-state index contributed by atoms with van der Waals surface area (Å²) in [6.07, 6.45) is 0.229. The lowest BCUT2D eigenvalue weighted by molar-refractivity contribution is 0.0697. The molecule has 0 saturated carbocycles. The molecule has 0 radical (unpaired) electrons. The van der Waals surface area contributed by atoms with Crippen LogP contribution in [-0.4, -0.2) is 28.8 Å². The minimum absolute atomic E-state index is 0.199. The topological polar surface area (TPSA) is 69.6 Å². The van der Waals surface area contributed by atoms with E-state index in [0.29, 0.717) is 11.6 Å². The number of aliphatic hydroxyl groups is 1. The molecule has 0 bridgehead atoms. The number of carbonyl (C=O) groups is 1. The number of halogens is 1. The van der Waals surface area contributed by atoms with Gasteiger partial charge in [0.15, 0.2) is 0 Å². The summed E-state index contributed by atoms with van der Waals surface area (Å²) in [6.45, 7) is 2.54. The van der Waals surface area contributed by atoms with Crippen LogP contribution in [0.1, 0.15) is 34.5 Å². The van der Waals surface area contributed by atoms with Crippen LogP contribution in [0.25, 0.3) is 11.1 Å². The van der Waals surface area contributed by atoms with Gasteiger partial charge in [0.1, 0.15) is 0 Å². The van der Waals surface area contributed by atoms with Crippen molar-refractivity contribution in [2.45, 2.75) is 25.5 Å². The van der Waals surface area contributed by atoms with Crippen molar-refractivity contribution < 1.29 is 15.0 Å². The van der Waals surface area contributed by atoms with Crippen molar-refractivity contribution in [2.24, 2.45) is 0 Å². The molecule has 0 unspecified atom stereocenters. The Hall–Kier alpha value is -2.66. The quantitative estimate of drug-likeness (QED) is 0.491. The fourth-order valence-corrected chi connectivity index (χ4v) is 3.41. The zero-order valence-corrected chi connectivity index (χ0v) is 16.9. The first-order valence-corrected chi connectivity index (χ1v) is 9.90. The highest BCUT2D eigenvalue weighted by Crippen LogP contribution is 2.21. The van der Waals surface area contributed by atoms with Crippen LogP contribution in [-0.2, 0) is 6.42 Å². The number of nitrogens with one attached hydrogen (secondary N) is 1. The second-order valence-electron chi connectivity index (χ2n) is 7.16. The molecule has 5 heteroatoms. The van der Waals surface area contributed by atoms with Crippen LogP contribution in [0.15, 0.2) is 72.8 Å². The average Bonchev–Trinajstić information content (AvgIpc) is 2.72. The molecular formula is C24H24ClNO3. The summed E-state index contributed by atoms with van der Waals surface area (Å²) in [5.74, 6) is -0.922. The first-order chi connectivity index (χ1) is 13.9. The van der Waals surface area contributed by atoms with Gasteiger partial charge >= 0.3 is 5.97 Å². The number of hydrogen-bond acceptors (Lipinski definition) is 3. The Morgan fingerprint density at radius 3 is 2.21 bits per heavy atom. The summed E-state index contributed by atoms with van der Waals surface area (Å²) < 4.78 is 0. The minimum atomic E-state index is -0.922. The Kier molecular flexibility index (Phi) is 7.04. The van der Waals surface area contributed by atoms with E-state index in [2.05, 4.69) is 24.4 Å². The maximum absolute atomic E-state index is 11.0. The van der Waals surface area contributed by atoms with Crippen LogP contribution >= 0.6 is 11.6 Å². The van der Waals surface area contributed by atoms with E-state index in [1.807, 2.05) is 36.4 Å². The van der Waals surface area contributed by atoms with E-state index in [1.54, 1.807) is 24.3 Å². The van der Waals surface area contributed by atoms with Crippen LogP contribution in [0.4, 0.5) is 0 Å². The maximum Gasteiger partial charge on any atom is 0.335 e. The van der Waals surface area contributed by atoms with Crippen molar-refractivity contribution in [3.8, 4) is 11.1 Å². The zero-order chi connectivity index (χ0) is 20.8. The predicted octanol–water partition coefficient (Wildman–Crippen LogP) is 4.96. The van der Waals surface area contributed by atoms with Gasteiger partial charge in [-0.3, -0.25) is 0 Å². The number of carboxylic acid groups (broad SMARTS) is 1. The molecule has 0 fully saturated rings. The smallest absolute Gasteiger partial charge is 0.335 e. The molecule has 0 aromatic heterocycles. The standard InChI is InChI=1S/C24H24ClNO3/c1-16(26-15-23(27)21-3-2-4-22(25)14-21)13-17-5-7-18(8-6-17)19-9-11-20(12-10-19)24(28)29/h2-12,14,16,23,26-27H,13,15H2,1H3,(H,28,29)/t16-,23-/m0/s1. The largest absolute Gasteiger partial charge is 0.478 e. The summed E-state index contributed by atoms with van der Waals surface area (Å²) in [4.78, 5) is 11.0. The van der Waals surface area contributed by atoms with Gasteiger partial charge in [0.25, 0.3) is 0 Å². The van der Waals surface area contributed by atoms with Gasteiger partial charge in [-0.25, -0.2) is 4.79 Å². The number of benzene rings is 3. The molecule has 150 valence electrons. The molecule has 3 rings (SSSR count). The second-order valence-corrected chi connectivity index (χ2v) is 7.60. The highest BCUT2D eigenvalue weighted by atomic mass is 35.5. The van der Waals surface area contributed by atoms with Gasteiger partial charge in [-0.2, -0.15) is 0 Å². The summed E-state index contributed by atoms with van der Waals surface area (Å²) in [5.41, 5.74) is 4.30. The third kappa shape index (κ3) is 5.91. The summed E-state index contributed by atoms with van der Waals surface area (Å²) >= 11 is 5.98. The first kappa shape index (κ1) is 21.1. The van der Waals surface area contributed by atoms with Crippen LogP contribution in [0.2, 0.25) is 5.02 Å². The molecule has 0 aliphatic rings. The number of aliphatic hydroxyl groups excluding tert-OH is 1. The fourth-order valence-electron chi connectivity index (χ4n) is 3.21. The van der Waals surface area contributed by atoms with E-state index in [4.69, 9.17) is 16.7 Å². The molecule has 3 aromatic rings. The summed E-state index contributed by atoms with van der Waals surface area (Å²) in [5, 5.41) is 23.3. The van der Waals surface area contributed by atoms with Crippen molar-refractivity contribution in [1.29, 1.82) is 0 Å². The van der Waals surface area contributed by atoms with E-state index in [0.717, 1.165) is 23.1 Å². The van der Waals surface area contributed by atoms with Crippen molar-refractivity contribution in [2.75, 3.05) is 6.54 Å². The van der Waals surface area contributed by atoms with Crippen LogP contribution in [0, 0.1) is 0 Å². The van der Waals surface area contributed by atoms with Gasteiger partial charge in [0.2, 0.25) is 0 Å². The van der Waals surface area contributed by atoms with Crippen LogP contribution in [0.5, 0.6) is 0 Å². The molecule has 0 saturated heterocycles. The van der Waals surface area contributed by atoms with E-state index < -0.39 is 12.1 Å². The lowest BCUT2D eigenvalue weighted by Gasteiger charge is -2.18. The summed E-state index contributed by atoms with van der Waals surface area (Å²) in [6, 6.07) is 22.6. The molecule has 3 N–H and O–H groups in total. The average molecular weight is 410 g/mol. The van der Waals surface area contributed by atoms with Crippen molar-refractivity contribution in [3.63, 3.8) is 0 Å². The Morgan fingerprint density at radius 1 is 1.00 bits per heavy atom. The van der Waals surface area contributed by atoms with Gasteiger partial charge < -0.3 is 15.5 Å². The van der Waals surface area contributed by atoms with Crippen molar-refractivity contribution in [3.05, 3.63) is 94.5 Å². The van der Waals surface area contributed by atoms with E-state index >= 15 is 0 Å². The highest BCUT2D eigenvalue weighted by molar-refractivity contribution is 6.30. The van der Waals surface area contributed by atoms with Gasteiger partial charge in [-0.05, 0) is 59.9 Å². The van der Waals surface area contributed by atoms with E-state index in [9.17, 15) is 9.90 Å². The monoisotopic (exact) mass is 409 g/mol. The molecule has 0 aliphatic carbocycles. The lowest BCUT2D eigenvalue weighted by Crippen LogP contribution is -2.32. The van der Waals surface area contributed by atoms with E-state index in [1.165, 1.54) is 5.56 Å². The third-order valence-electron chi connectivity index (χ3n) is 4.85. The van der Waals surface area contributed by atoms with Crippen LogP contribution in [0.3, 0.4) is 0 Å². The third-order valence-corrected chi connectivity index (χ3v) is 5.09. The zero-order valence-electron chi connectivity index (χ0n) is 16.2. The summed E-state index contributed by atoms with van der Waals surface area (Å²) in [7, 11) is 0. The van der Waals surface area contributed by atoms with E-state index in [-0.39, 0.29) is 11.6 Å². The minimum Gasteiger partial charge on any atom is -0.478 e. The fraction of sp³-hybridized carbons (Fsp3) is 0.208. The molecule has 0 amide bonds. The van der Waals surface area contributed by atoms with Gasteiger partial charge in [0.05, 0.1) is 11.7 Å². The Balaban J connectivity index is 1.54. The molecule has 0 spiro atoms. The number of carboxylic acids is 1. The SMILES string of the molecule is C[C@@H](Cc1ccc(-c2ccc(C(=O)O)cc2)cc1)NC[C@H](O)c1cccc(Cl)c1. The molecule has 4 nitrogen and oxygen atoms in total. The molecular weight excluding hydrogens is 386 g/mol. The van der Waals surface area contributed by atoms with Gasteiger partial charge in [0, 0.05) is 17.6 Å². The van der Waals surface area contributed by atoms with Gasteiger partial charge in [-0.15, -0.1) is 0 Å². The first-order valence-electron chi connectivity index (χ1n) is 9.52. The highest BCUT2D eigenvalue weighted by Gasteiger charge is 2.11. The van der Waals surface area contributed by atoms with Crippen molar-refractivity contribution >= 4 is 17.6 Å². The molecule has 0 heterocycles. The predicted molar refractivity (Wildman–Crippen MR) is 116 cm³/mol. The lowest BCUT2D eigenvalue weighted by atomic mass is 10.00. The maximum atomic E-state index is 11.0. The van der Waals surface area contributed by atoms with Crippen LogP contribution < -0.4 is 5.32 Å². The molecule has 0 aliphatic heterocycles. The molecule has 29 heavy (non-hydrogen) atoms. The Morgan fingerprint density at radius 2 is 1.62 bits per heavy atom. The number of rotatable bonds is 8. The molecule has 3 aromatic carbocycles. The van der Waals surface area contributed by atoms with Gasteiger partial charge in [-0.1, -0.05) is 60.1 Å². The Bertz CT molecular complexity index is 955. The number of aromatic carboxylic acids is 1. The number of hydrogen-bond donors (Lipinski definition) is 3. The Labute approximate surface area is 175 Å². The molecule has 2 atom stereocenters. The second kappa shape index (κ2) is 9.70. The normalized spacial score (nSPS) is 13.1.